The normalized spacial score (nSPS) is 21.0. The van der Waals surface area contributed by atoms with Gasteiger partial charge in [-0.1, -0.05) is 43.3 Å². The molecule has 4 heteroatoms. The molecule has 1 aliphatic heterocycles. The SMILES string of the molecule is CC1CCN(S(=O)(=O)c2cccc3ccccc23)C1. The maximum Gasteiger partial charge on any atom is 0.243 e. The summed E-state index contributed by atoms with van der Waals surface area (Å²) in [5, 5.41) is 1.78. The van der Waals surface area contributed by atoms with Crippen molar-refractivity contribution in [2.45, 2.75) is 18.2 Å². The monoisotopic (exact) mass is 275 g/mol. The Morgan fingerprint density at radius 1 is 1.11 bits per heavy atom. The quantitative estimate of drug-likeness (QED) is 0.845. The third-order valence-corrected chi connectivity index (χ3v) is 5.68. The molecular weight excluding hydrogens is 258 g/mol. The van der Waals surface area contributed by atoms with Crippen LogP contribution in [0, 0.1) is 5.92 Å². The molecule has 0 spiro atoms. The van der Waals surface area contributed by atoms with Crippen LogP contribution in [-0.2, 0) is 10.0 Å². The zero-order valence-electron chi connectivity index (χ0n) is 10.9. The Bertz CT molecular complexity index is 704. The Morgan fingerprint density at radius 2 is 1.84 bits per heavy atom. The standard InChI is InChI=1S/C15H17NO2S/c1-12-9-10-16(11-12)19(17,18)15-8-4-6-13-5-2-3-7-14(13)15/h2-8,12H,9-11H2,1H3. The Morgan fingerprint density at radius 3 is 2.58 bits per heavy atom. The van der Waals surface area contributed by atoms with Gasteiger partial charge >= 0.3 is 0 Å². The Hall–Kier alpha value is -1.39. The maximum absolute atomic E-state index is 12.7. The van der Waals surface area contributed by atoms with Crippen molar-refractivity contribution >= 4 is 20.8 Å². The predicted octanol–water partition coefficient (Wildman–Crippen LogP) is 2.87. The van der Waals surface area contributed by atoms with Crippen LogP contribution in [0.2, 0.25) is 0 Å². The topological polar surface area (TPSA) is 37.4 Å². The van der Waals surface area contributed by atoms with Gasteiger partial charge in [0.2, 0.25) is 10.0 Å². The van der Waals surface area contributed by atoms with Gasteiger partial charge in [0.05, 0.1) is 4.90 Å². The first-order chi connectivity index (χ1) is 9.09. The van der Waals surface area contributed by atoms with Gasteiger partial charge in [-0.3, -0.25) is 0 Å². The van der Waals surface area contributed by atoms with Gasteiger partial charge in [0.1, 0.15) is 0 Å². The zero-order valence-corrected chi connectivity index (χ0v) is 11.7. The highest BCUT2D eigenvalue weighted by molar-refractivity contribution is 7.89. The molecule has 0 saturated carbocycles. The zero-order chi connectivity index (χ0) is 13.5. The lowest BCUT2D eigenvalue weighted by Gasteiger charge is -2.17. The minimum atomic E-state index is -3.36. The second-order valence-corrected chi connectivity index (χ2v) is 7.14. The van der Waals surface area contributed by atoms with Gasteiger partial charge in [0.25, 0.3) is 0 Å². The lowest BCUT2D eigenvalue weighted by molar-refractivity contribution is 0.465. The fourth-order valence-electron chi connectivity index (χ4n) is 2.67. The third kappa shape index (κ3) is 2.15. The molecule has 3 nitrogen and oxygen atoms in total. The lowest BCUT2D eigenvalue weighted by atomic mass is 10.1. The maximum atomic E-state index is 12.7. The van der Waals surface area contributed by atoms with Crippen molar-refractivity contribution in [2.75, 3.05) is 13.1 Å². The average molecular weight is 275 g/mol. The number of rotatable bonds is 2. The number of hydrogen-bond acceptors (Lipinski definition) is 2. The van der Waals surface area contributed by atoms with Crippen LogP contribution in [0.25, 0.3) is 10.8 Å². The molecular formula is C15H17NO2S. The molecule has 19 heavy (non-hydrogen) atoms. The minimum absolute atomic E-state index is 0.430. The smallest absolute Gasteiger partial charge is 0.207 e. The first-order valence-corrected chi connectivity index (χ1v) is 8.01. The molecule has 0 amide bonds. The Kier molecular flexibility index (Phi) is 3.07. The molecule has 1 saturated heterocycles. The molecule has 1 unspecified atom stereocenters. The van der Waals surface area contributed by atoms with E-state index in [4.69, 9.17) is 0 Å². The van der Waals surface area contributed by atoms with Crippen LogP contribution in [0.1, 0.15) is 13.3 Å². The van der Waals surface area contributed by atoms with Crippen LogP contribution in [0.3, 0.4) is 0 Å². The van der Waals surface area contributed by atoms with E-state index in [1.54, 1.807) is 10.4 Å². The van der Waals surface area contributed by atoms with E-state index in [0.717, 1.165) is 17.2 Å². The summed E-state index contributed by atoms with van der Waals surface area (Å²) in [5.41, 5.74) is 0. The first kappa shape index (κ1) is 12.6. The molecule has 3 rings (SSSR count). The fourth-order valence-corrected chi connectivity index (χ4v) is 4.46. The third-order valence-electron chi connectivity index (χ3n) is 3.75. The van der Waals surface area contributed by atoms with E-state index in [9.17, 15) is 8.42 Å². The number of nitrogens with zero attached hydrogens (tertiary/aromatic N) is 1. The number of hydrogen-bond donors (Lipinski definition) is 0. The number of fused-ring (bicyclic) bond motifs is 1. The highest BCUT2D eigenvalue weighted by Gasteiger charge is 2.31. The number of sulfonamides is 1. The summed E-state index contributed by atoms with van der Waals surface area (Å²) < 4.78 is 27.1. The summed E-state index contributed by atoms with van der Waals surface area (Å²) >= 11 is 0. The molecule has 1 aliphatic rings. The van der Waals surface area contributed by atoms with E-state index in [2.05, 4.69) is 6.92 Å². The van der Waals surface area contributed by atoms with Crippen molar-refractivity contribution < 1.29 is 8.42 Å². The lowest BCUT2D eigenvalue weighted by Crippen LogP contribution is -2.28. The second kappa shape index (κ2) is 4.62. The van der Waals surface area contributed by atoms with E-state index in [1.807, 2.05) is 36.4 Å². The van der Waals surface area contributed by atoms with Gasteiger partial charge in [0, 0.05) is 18.5 Å². The summed E-state index contributed by atoms with van der Waals surface area (Å²) in [6, 6.07) is 13.1. The predicted molar refractivity (Wildman–Crippen MR) is 76.5 cm³/mol. The molecule has 0 radical (unpaired) electrons. The van der Waals surface area contributed by atoms with Crippen LogP contribution in [0.5, 0.6) is 0 Å². The van der Waals surface area contributed by atoms with Crippen molar-refractivity contribution in [1.29, 1.82) is 0 Å². The highest BCUT2D eigenvalue weighted by Crippen LogP contribution is 2.28. The van der Waals surface area contributed by atoms with Crippen LogP contribution < -0.4 is 0 Å². The van der Waals surface area contributed by atoms with E-state index in [1.165, 1.54) is 0 Å². The van der Waals surface area contributed by atoms with Crippen LogP contribution in [0.15, 0.2) is 47.4 Å². The molecule has 1 atom stereocenters. The van der Waals surface area contributed by atoms with Crippen LogP contribution in [-0.4, -0.2) is 25.8 Å². The summed E-state index contributed by atoms with van der Waals surface area (Å²) in [6.07, 6.45) is 0.948. The van der Waals surface area contributed by atoms with Crippen molar-refractivity contribution in [2.24, 2.45) is 5.92 Å². The summed E-state index contributed by atoms with van der Waals surface area (Å²) in [5.74, 6) is 0.449. The molecule has 0 aromatic heterocycles. The summed E-state index contributed by atoms with van der Waals surface area (Å²) in [7, 11) is -3.36. The van der Waals surface area contributed by atoms with Gasteiger partial charge in [-0.25, -0.2) is 8.42 Å². The minimum Gasteiger partial charge on any atom is -0.207 e. The van der Waals surface area contributed by atoms with Crippen molar-refractivity contribution in [3.63, 3.8) is 0 Å². The van der Waals surface area contributed by atoms with Crippen molar-refractivity contribution in [1.82, 2.24) is 4.31 Å². The van der Waals surface area contributed by atoms with E-state index >= 15 is 0 Å². The second-order valence-electron chi connectivity index (χ2n) is 5.23. The van der Waals surface area contributed by atoms with Gasteiger partial charge in [-0.05, 0) is 23.8 Å². The fraction of sp³-hybridized carbons (Fsp3) is 0.333. The van der Waals surface area contributed by atoms with Crippen LogP contribution >= 0.6 is 0 Å². The molecule has 1 heterocycles. The molecule has 100 valence electrons. The van der Waals surface area contributed by atoms with Gasteiger partial charge in [-0.2, -0.15) is 4.31 Å². The molecule has 2 aromatic rings. The molecule has 2 aromatic carbocycles. The van der Waals surface area contributed by atoms with Crippen molar-refractivity contribution in [3.05, 3.63) is 42.5 Å². The molecule has 0 aliphatic carbocycles. The number of benzene rings is 2. The van der Waals surface area contributed by atoms with Crippen molar-refractivity contribution in [3.8, 4) is 0 Å². The summed E-state index contributed by atoms with van der Waals surface area (Å²) in [4.78, 5) is 0.430. The first-order valence-electron chi connectivity index (χ1n) is 6.57. The average Bonchev–Trinajstić information content (AvgIpc) is 2.85. The van der Waals surface area contributed by atoms with Gasteiger partial charge in [0.15, 0.2) is 0 Å². The van der Waals surface area contributed by atoms with E-state index in [-0.39, 0.29) is 0 Å². The van der Waals surface area contributed by atoms with E-state index in [0.29, 0.717) is 23.9 Å². The highest BCUT2D eigenvalue weighted by atomic mass is 32.2. The van der Waals surface area contributed by atoms with Crippen LogP contribution in [0.4, 0.5) is 0 Å². The van der Waals surface area contributed by atoms with E-state index < -0.39 is 10.0 Å². The Labute approximate surface area is 113 Å². The molecule has 0 N–H and O–H groups in total. The largest absolute Gasteiger partial charge is 0.243 e. The molecule has 1 fully saturated rings. The van der Waals surface area contributed by atoms with Gasteiger partial charge in [-0.15, -0.1) is 0 Å². The Balaban J connectivity index is 2.14. The molecule has 0 bridgehead atoms. The summed E-state index contributed by atoms with van der Waals surface area (Å²) in [6.45, 7) is 3.36. The van der Waals surface area contributed by atoms with Gasteiger partial charge < -0.3 is 0 Å².